The lowest BCUT2D eigenvalue weighted by atomic mass is 10.1. The molecule has 0 aliphatic heterocycles. The maximum Gasteiger partial charge on any atom is 0.222 e. The number of nitrogens with one attached hydrogen (secondary N) is 1. The maximum atomic E-state index is 12.3. The van der Waals surface area contributed by atoms with Crippen LogP contribution in [0.4, 0.5) is 0 Å². The fourth-order valence-corrected chi connectivity index (χ4v) is 3.35. The topological polar surface area (TPSA) is 73.2 Å². The molecular weight excluding hydrogens is 366 g/mol. The molecule has 0 radical (unpaired) electrons. The number of aryl methyl sites for hydroxylation is 1. The SMILES string of the molecule is COc1ccc2cc(CNC(=O)CCn3ncc(=O)c4ccccc43)ccc2c1. The number of amides is 1. The van der Waals surface area contributed by atoms with E-state index in [1.807, 2.05) is 48.5 Å². The Morgan fingerprint density at radius 2 is 1.86 bits per heavy atom. The van der Waals surface area contributed by atoms with E-state index in [0.717, 1.165) is 27.6 Å². The smallest absolute Gasteiger partial charge is 0.222 e. The number of methoxy groups -OCH3 is 1. The molecule has 4 aromatic rings. The van der Waals surface area contributed by atoms with Crippen molar-refractivity contribution < 1.29 is 9.53 Å². The van der Waals surface area contributed by atoms with Gasteiger partial charge >= 0.3 is 0 Å². The van der Waals surface area contributed by atoms with E-state index in [0.29, 0.717) is 18.5 Å². The average Bonchev–Trinajstić information content (AvgIpc) is 2.77. The minimum absolute atomic E-state index is 0.0654. The lowest BCUT2D eigenvalue weighted by Crippen LogP contribution is -2.24. The number of carbonyl (C=O) groups is 1. The van der Waals surface area contributed by atoms with Gasteiger partial charge in [0.2, 0.25) is 11.3 Å². The number of fused-ring (bicyclic) bond motifs is 2. The summed E-state index contributed by atoms with van der Waals surface area (Å²) in [4.78, 5) is 24.2. The van der Waals surface area contributed by atoms with Crippen molar-refractivity contribution in [1.82, 2.24) is 15.1 Å². The van der Waals surface area contributed by atoms with Gasteiger partial charge in [-0.15, -0.1) is 0 Å². The minimum atomic E-state index is -0.116. The third-order valence-corrected chi connectivity index (χ3v) is 4.91. The molecule has 0 saturated carbocycles. The predicted octanol–water partition coefficient (Wildman–Crippen LogP) is 3.26. The van der Waals surface area contributed by atoms with Crippen LogP contribution in [0.1, 0.15) is 12.0 Å². The summed E-state index contributed by atoms with van der Waals surface area (Å²) < 4.78 is 6.94. The van der Waals surface area contributed by atoms with Crippen LogP contribution < -0.4 is 15.5 Å². The molecule has 1 heterocycles. The summed E-state index contributed by atoms with van der Waals surface area (Å²) in [6, 6.07) is 19.3. The third kappa shape index (κ3) is 4.11. The normalized spacial score (nSPS) is 10.9. The molecule has 4 rings (SSSR count). The Balaban J connectivity index is 1.39. The first kappa shape index (κ1) is 18.7. The largest absolute Gasteiger partial charge is 0.497 e. The van der Waals surface area contributed by atoms with Gasteiger partial charge in [-0.05, 0) is 46.7 Å². The van der Waals surface area contributed by atoms with Gasteiger partial charge in [0.15, 0.2) is 0 Å². The third-order valence-electron chi connectivity index (χ3n) is 4.91. The van der Waals surface area contributed by atoms with Crippen molar-refractivity contribution in [2.24, 2.45) is 0 Å². The summed E-state index contributed by atoms with van der Waals surface area (Å²) in [5, 5.41) is 9.91. The molecule has 0 unspecified atom stereocenters. The van der Waals surface area contributed by atoms with E-state index >= 15 is 0 Å². The number of aromatic nitrogens is 2. The molecule has 1 aromatic heterocycles. The van der Waals surface area contributed by atoms with Crippen LogP contribution in [0.15, 0.2) is 71.7 Å². The van der Waals surface area contributed by atoms with Crippen LogP contribution >= 0.6 is 0 Å². The Morgan fingerprint density at radius 3 is 2.72 bits per heavy atom. The number of rotatable bonds is 6. The molecule has 6 nitrogen and oxygen atoms in total. The summed E-state index contributed by atoms with van der Waals surface area (Å²) in [6.45, 7) is 0.864. The first-order chi connectivity index (χ1) is 14.1. The first-order valence-electron chi connectivity index (χ1n) is 9.42. The number of benzene rings is 3. The molecule has 29 heavy (non-hydrogen) atoms. The summed E-state index contributed by atoms with van der Waals surface area (Å²) in [6.07, 6.45) is 1.58. The molecule has 146 valence electrons. The van der Waals surface area contributed by atoms with Gasteiger partial charge in [-0.25, -0.2) is 0 Å². The molecule has 6 heteroatoms. The molecule has 0 saturated heterocycles. The maximum absolute atomic E-state index is 12.3. The quantitative estimate of drug-likeness (QED) is 0.551. The second-order valence-corrected chi connectivity index (χ2v) is 6.82. The number of para-hydroxylation sites is 1. The van der Waals surface area contributed by atoms with Crippen molar-refractivity contribution in [3.05, 3.63) is 82.6 Å². The standard InChI is InChI=1S/C23H21N3O3/c1-29-19-9-8-17-12-16(6-7-18(17)13-19)14-24-23(28)10-11-26-21-5-3-2-4-20(21)22(27)15-25-26/h2-9,12-13,15H,10-11,14H2,1H3,(H,24,28). The van der Waals surface area contributed by atoms with E-state index in [9.17, 15) is 9.59 Å². The van der Waals surface area contributed by atoms with Gasteiger partial charge in [-0.2, -0.15) is 5.10 Å². The zero-order valence-electron chi connectivity index (χ0n) is 16.1. The van der Waals surface area contributed by atoms with Crippen LogP contribution in [0.3, 0.4) is 0 Å². The number of carbonyl (C=O) groups excluding carboxylic acids is 1. The molecule has 3 aromatic carbocycles. The van der Waals surface area contributed by atoms with Crippen molar-refractivity contribution in [1.29, 1.82) is 0 Å². The number of hydrogen-bond donors (Lipinski definition) is 1. The van der Waals surface area contributed by atoms with E-state index in [1.54, 1.807) is 17.9 Å². The van der Waals surface area contributed by atoms with Crippen LogP contribution in [0.25, 0.3) is 21.7 Å². The highest BCUT2D eigenvalue weighted by atomic mass is 16.5. The minimum Gasteiger partial charge on any atom is -0.497 e. The Hall–Kier alpha value is -3.67. The second-order valence-electron chi connectivity index (χ2n) is 6.82. The van der Waals surface area contributed by atoms with Crippen LogP contribution in [0, 0.1) is 0 Å². The van der Waals surface area contributed by atoms with Crippen molar-refractivity contribution in [2.75, 3.05) is 7.11 Å². The average molecular weight is 387 g/mol. The molecule has 0 bridgehead atoms. The van der Waals surface area contributed by atoms with Crippen molar-refractivity contribution in [3.8, 4) is 5.75 Å². The highest BCUT2D eigenvalue weighted by Crippen LogP contribution is 2.21. The van der Waals surface area contributed by atoms with Crippen molar-refractivity contribution in [2.45, 2.75) is 19.5 Å². The summed E-state index contributed by atoms with van der Waals surface area (Å²) in [7, 11) is 1.65. The van der Waals surface area contributed by atoms with Crippen LogP contribution in [-0.4, -0.2) is 22.8 Å². The van der Waals surface area contributed by atoms with Crippen LogP contribution in [0.2, 0.25) is 0 Å². The summed E-state index contributed by atoms with van der Waals surface area (Å²) in [5.41, 5.74) is 1.65. The predicted molar refractivity (Wildman–Crippen MR) is 113 cm³/mol. The van der Waals surface area contributed by atoms with Crippen molar-refractivity contribution in [3.63, 3.8) is 0 Å². The number of nitrogens with zero attached hydrogens (tertiary/aromatic N) is 2. The fourth-order valence-electron chi connectivity index (χ4n) is 3.35. The zero-order valence-corrected chi connectivity index (χ0v) is 16.1. The lowest BCUT2D eigenvalue weighted by Gasteiger charge is -2.10. The van der Waals surface area contributed by atoms with E-state index in [4.69, 9.17) is 4.74 Å². The summed E-state index contributed by atoms with van der Waals surface area (Å²) in [5.74, 6) is 0.756. The van der Waals surface area contributed by atoms with E-state index in [1.165, 1.54) is 6.20 Å². The zero-order chi connectivity index (χ0) is 20.2. The van der Waals surface area contributed by atoms with E-state index < -0.39 is 0 Å². The second kappa shape index (κ2) is 8.14. The highest BCUT2D eigenvalue weighted by Gasteiger charge is 2.07. The van der Waals surface area contributed by atoms with Gasteiger partial charge in [-0.1, -0.05) is 30.3 Å². The Bertz CT molecular complexity index is 1250. The van der Waals surface area contributed by atoms with Crippen LogP contribution in [0.5, 0.6) is 5.75 Å². The molecule has 1 N–H and O–H groups in total. The van der Waals surface area contributed by atoms with E-state index in [2.05, 4.69) is 16.5 Å². The summed E-state index contributed by atoms with van der Waals surface area (Å²) >= 11 is 0. The van der Waals surface area contributed by atoms with Gasteiger partial charge in [0.05, 0.1) is 25.4 Å². The number of ether oxygens (including phenoxy) is 1. The first-order valence-corrected chi connectivity index (χ1v) is 9.42. The lowest BCUT2D eigenvalue weighted by molar-refractivity contribution is -0.121. The molecule has 0 atom stereocenters. The van der Waals surface area contributed by atoms with Gasteiger partial charge < -0.3 is 10.1 Å². The molecule has 1 amide bonds. The van der Waals surface area contributed by atoms with Gasteiger partial charge in [0.1, 0.15) is 5.75 Å². The van der Waals surface area contributed by atoms with Gasteiger partial charge in [-0.3, -0.25) is 14.3 Å². The Morgan fingerprint density at radius 1 is 1.07 bits per heavy atom. The fraction of sp³-hybridized carbons (Fsp3) is 0.174. The monoisotopic (exact) mass is 387 g/mol. The molecular formula is C23H21N3O3. The molecule has 0 aliphatic carbocycles. The van der Waals surface area contributed by atoms with Gasteiger partial charge in [0, 0.05) is 18.4 Å². The Kier molecular flexibility index (Phi) is 5.24. The van der Waals surface area contributed by atoms with Gasteiger partial charge in [0.25, 0.3) is 0 Å². The van der Waals surface area contributed by atoms with Crippen LogP contribution in [-0.2, 0) is 17.9 Å². The Labute approximate surface area is 167 Å². The molecule has 0 spiro atoms. The highest BCUT2D eigenvalue weighted by molar-refractivity contribution is 5.85. The van der Waals surface area contributed by atoms with E-state index in [-0.39, 0.29) is 17.8 Å². The molecule has 0 fully saturated rings. The van der Waals surface area contributed by atoms with Crippen molar-refractivity contribution >= 4 is 27.6 Å². The number of hydrogen-bond acceptors (Lipinski definition) is 4. The molecule has 0 aliphatic rings.